The van der Waals surface area contributed by atoms with Crippen LogP contribution in [0, 0.1) is 0 Å². The molecule has 1 fully saturated rings. The van der Waals surface area contributed by atoms with Crippen molar-refractivity contribution in [3.8, 4) is 0 Å². The molecule has 3 N–H and O–H groups in total. The Morgan fingerprint density at radius 1 is 1.04 bits per heavy atom. The lowest BCUT2D eigenvalue weighted by Crippen LogP contribution is -2.33. The van der Waals surface area contributed by atoms with Gasteiger partial charge in [-0.05, 0) is 36.1 Å². The molecule has 5 heteroatoms. The standard InChI is InChI=1S/C20H24N4O/c21-20-22-17-13-16(19(25)23-11-5-2-6-12-23)9-10-18(17)24(20)14-15-7-3-1-4-8-15/h1,3-4,7-10,13,19,25H,2,5-6,11-12,14H2,(H2,21,22). The molecule has 3 aromatic rings. The minimum Gasteiger partial charge on any atom is -0.374 e. The van der Waals surface area contributed by atoms with Gasteiger partial charge in [-0.25, -0.2) is 4.98 Å². The van der Waals surface area contributed by atoms with Crippen molar-refractivity contribution in [3.63, 3.8) is 0 Å². The van der Waals surface area contributed by atoms with Gasteiger partial charge in [0, 0.05) is 13.1 Å². The van der Waals surface area contributed by atoms with Gasteiger partial charge in [-0.3, -0.25) is 4.90 Å². The highest BCUT2D eigenvalue weighted by Gasteiger charge is 2.21. The van der Waals surface area contributed by atoms with Gasteiger partial charge in [0.15, 0.2) is 0 Å². The van der Waals surface area contributed by atoms with Crippen LogP contribution in [0.25, 0.3) is 11.0 Å². The largest absolute Gasteiger partial charge is 0.374 e. The monoisotopic (exact) mass is 336 g/mol. The number of hydrogen-bond donors (Lipinski definition) is 2. The van der Waals surface area contributed by atoms with Gasteiger partial charge >= 0.3 is 0 Å². The second-order valence-electron chi connectivity index (χ2n) is 6.76. The van der Waals surface area contributed by atoms with E-state index in [1.165, 1.54) is 12.0 Å². The van der Waals surface area contributed by atoms with Crippen LogP contribution in [-0.2, 0) is 6.54 Å². The molecule has 4 rings (SSSR count). The minimum atomic E-state index is -0.565. The number of anilines is 1. The number of likely N-dealkylation sites (tertiary alicyclic amines) is 1. The lowest BCUT2D eigenvalue weighted by atomic mass is 10.1. The third-order valence-electron chi connectivity index (χ3n) is 5.02. The van der Waals surface area contributed by atoms with E-state index in [-0.39, 0.29) is 0 Å². The summed E-state index contributed by atoms with van der Waals surface area (Å²) in [4.78, 5) is 6.64. The Morgan fingerprint density at radius 3 is 2.56 bits per heavy atom. The van der Waals surface area contributed by atoms with E-state index in [0.29, 0.717) is 12.5 Å². The second-order valence-corrected chi connectivity index (χ2v) is 6.76. The molecule has 1 saturated heterocycles. The normalized spacial score (nSPS) is 17.0. The zero-order chi connectivity index (χ0) is 17.2. The molecule has 0 spiro atoms. The van der Waals surface area contributed by atoms with Gasteiger partial charge in [-0.2, -0.15) is 0 Å². The average Bonchev–Trinajstić information content (AvgIpc) is 2.97. The van der Waals surface area contributed by atoms with Crippen LogP contribution in [0.1, 0.15) is 36.6 Å². The van der Waals surface area contributed by atoms with Crippen LogP contribution in [-0.4, -0.2) is 32.6 Å². The number of benzene rings is 2. The van der Waals surface area contributed by atoms with Crippen molar-refractivity contribution in [3.05, 3.63) is 59.7 Å². The number of hydrogen-bond acceptors (Lipinski definition) is 4. The molecule has 0 aliphatic carbocycles. The number of piperidine rings is 1. The summed E-state index contributed by atoms with van der Waals surface area (Å²) in [5, 5.41) is 10.7. The zero-order valence-corrected chi connectivity index (χ0v) is 14.3. The van der Waals surface area contributed by atoms with Gasteiger partial charge in [0.05, 0.1) is 17.6 Å². The number of nitrogens with zero attached hydrogens (tertiary/aromatic N) is 3. The first-order valence-corrected chi connectivity index (χ1v) is 8.94. The van der Waals surface area contributed by atoms with E-state index in [9.17, 15) is 5.11 Å². The first-order valence-electron chi connectivity index (χ1n) is 8.94. The maximum absolute atomic E-state index is 10.7. The van der Waals surface area contributed by atoms with Crippen molar-refractivity contribution in [2.75, 3.05) is 18.8 Å². The van der Waals surface area contributed by atoms with E-state index >= 15 is 0 Å². The van der Waals surface area contributed by atoms with E-state index in [1.807, 2.05) is 41.0 Å². The number of nitrogens with two attached hydrogens (primary N) is 1. The third kappa shape index (κ3) is 3.25. The molecule has 0 bridgehead atoms. The highest BCUT2D eigenvalue weighted by atomic mass is 16.3. The van der Waals surface area contributed by atoms with Crippen LogP contribution in [0.4, 0.5) is 5.95 Å². The van der Waals surface area contributed by atoms with Crippen LogP contribution < -0.4 is 5.73 Å². The Kier molecular flexibility index (Phi) is 4.42. The van der Waals surface area contributed by atoms with Crippen LogP contribution in [0.2, 0.25) is 0 Å². The molecule has 1 unspecified atom stereocenters. The number of fused-ring (bicyclic) bond motifs is 1. The lowest BCUT2D eigenvalue weighted by Gasteiger charge is -2.31. The number of aromatic nitrogens is 2. The maximum atomic E-state index is 10.7. The summed E-state index contributed by atoms with van der Waals surface area (Å²) in [7, 11) is 0. The van der Waals surface area contributed by atoms with Gasteiger partial charge in [0.25, 0.3) is 0 Å². The Hall–Kier alpha value is -2.37. The van der Waals surface area contributed by atoms with Gasteiger partial charge in [-0.15, -0.1) is 0 Å². The molecule has 2 heterocycles. The molecular formula is C20H24N4O. The van der Waals surface area contributed by atoms with Crippen molar-refractivity contribution in [1.82, 2.24) is 14.5 Å². The van der Waals surface area contributed by atoms with E-state index in [4.69, 9.17) is 5.73 Å². The predicted molar refractivity (Wildman–Crippen MR) is 100 cm³/mol. The van der Waals surface area contributed by atoms with Gasteiger partial charge in [-0.1, -0.05) is 42.8 Å². The smallest absolute Gasteiger partial charge is 0.201 e. The number of imidazole rings is 1. The topological polar surface area (TPSA) is 67.3 Å². The quantitative estimate of drug-likeness (QED) is 0.768. The van der Waals surface area contributed by atoms with Crippen LogP contribution in [0.5, 0.6) is 0 Å². The third-order valence-corrected chi connectivity index (χ3v) is 5.02. The Balaban J connectivity index is 1.63. The lowest BCUT2D eigenvalue weighted by molar-refractivity contribution is -0.00974. The highest BCUT2D eigenvalue weighted by Crippen LogP contribution is 2.27. The molecule has 5 nitrogen and oxygen atoms in total. The predicted octanol–water partition coefficient (Wildman–Crippen LogP) is 3.14. The van der Waals surface area contributed by atoms with Crippen LogP contribution in [0.3, 0.4) is 0 Å². The van der Waals surface area contributed by atoms with E-state index in [0.717, 1.165) is 42.5 Å². The summed E-state index contributed by atoms with van der Waals surface area (Å²) in [6, 6.07) is 16.2. The fourth-order valence-corrected chi connectivity index (χ4v) is 3.63. The summed E-state index contributed by atoms with van der Waals surface area (Å²) < 4.78 is 2.02. The van der Waals surface area contributed by atoms with Crippen molar-refractivity contribution < 1.29 is 5.11 Å². The number of nitrogen functional groups attached to an aromatic ring is 1. The molecule has 0 amide bonds. The number of rotatable bonds is 4. The molecule has 0 saturated carbocycles. The summed E-state index contributed by atoms with van der Waals surface area (Å²) in [6.45, 7) is 2.59. The van der Waals surface area contributed by atoms with E-state index in [2.05, 4.69) is 22.0 Å². The SMILES string of the molecule is Nc1nc2cc(C(O)N3CCCCC3)ccc2n1Cc1ccccc1. The number of aliphatic hydroxyl groups excluding tert-OH is 1. The molecule has 1 aromatic heterocycles. The highest BCUT2D eigenvalue weighted by molar-refractivity contribution is 5.79. The summed E-state index contributed by atoms with van der Waals surface area (Å²) >= 11 is 0. The Labute approximate surface area is 147 Å². The fourth-order valence-electron chi connectivity index (χ4n) is 3.63. The van der Waals surface area contributed by atoms with Gasteiger partial charge < -0.3 is 15.4 Å². The average molecular weight is 336 g/mol. The van der Waals surface area contributed by atoms with Crippen LogP contribution >= 0.6 is 0 Å². The maximum Gasteiger partial charge on any atom is 0.201 e. The van der Waals surface area contributed by atoms with Crippen molar-refractivity contribution in [2.45, 2.75) is 32.0 Å². The molecular weight excluding hydrogens is 312 g/mol. The van der Waals surface area contributed by atoms with Crippen LogP contribution in [0.15, 0.2) is 48.5 Å². The molecule has 0 radical (unpaired) electrons. The molecule has 130 valence electrons. The first kappa shape index (κ1) is 16.1. The summed E-state index contributed by atoms with van der Waals surface area (Å²) in [5.41, 5.74) is 10.1. The van der Waals surface area contributed by atoms with E-state index < -0.39 is 6.23 Å². The Morgan fingerprint density at radius 2 is 1.80 bits per heavy atom. The Bertz CT molecular complexity index is 853. The molecule has 1 aliphatic heterocycles. The molecule has 1 atom stereocenters. The van der Waals surface area contributed by atoms with Gasteiger partial charge in [0.1, 0.15) is 6.23 Å². The van der Waals surface area contributed by atoms with Gasteiger partial charge in [0.2, 0.25) is 5.95 Å². The molecule has 2 aromatic carbocycles. The van der Waals surface area contributed by atoms with Crippen molar-refractivity contribution >= 4 is 17.0 Å². The number of aliphatic hydroxyl groups is 1. The molecule has 1 aliphatic rings. The van der Waals surface area contributed by atoms with Crippen molar-refractivity contribution in [1.29, 1.82) is 0 Å². The fraction of sp³-hybridized carbons (Fsp3) is 0.350. The van der Waals surface area contributed by atoms with E-state index in [1.54, 1.807) is 0 Å². The second kappa shape index (κ2) is 6.86. The first-order chi connectivity index (χ1) is 12.2. The van der Waals surface area contributed by atoms with Crippen molar-refractivity contribution in [2.24, 2.45) is 0 Å². The molecule has 25 heavy (non-hydrogen) atoms. The minimum absolute atomic E-state index is 0.503. The summed E-state index contributed by atoms with van der Waals surface area (Å²) in [6.07, 6.45) is 2.99. The summed E-state index contributed by atoms with van der Waals surface area (Å²) in [5.74, 6) is 0.503. The zero-order valence-electron chi connectivity index (χ0n) is 14.3.